The average Bonchev–Trinajstić information content (AvgIpc) is 3.53. The Balaban J connectivity index is 1.13. The summed E-state index contributed by atoms with van der Waals surface area (Å²) in [6, 6.07) is 65.8. The number of fused-ring (bicyclic) bond motifs is 6. The van der Waals surface area contributed by atoms with Crippen molar-refractivity contribution < 1.29 is 4.42 Å². The summed E-state index contributed by atoms with van der Waals surface area (Å²) in [5.74, 6) is 0. The molecule has 49 heavy (non-hydrogen) atoms. The quantitative estimate of drug-likeness (QED) is 0.178. The maximum Gasteiger partial charge on any atom is 0.136 e. The van der Waals surface area contributed by atoms with Crippen LogP contribution in [0.3, 0.4) is 0 Å². The molecule has 1 aromatic heterocycles. The topological polar surface area (TPSA) is 13.1 Å². The van der Waals surface area contributed by atoms with Crippen LogP contribution in [0.4, 0.5) is 0 Å². The molecule has 0 spiro atoms. The van der Waals surface area contributed by atoms with Gasteiger partial charge in [0.15, 0.2) is 0 Å². The molecule has 0 fully saturated rings. The van der Waals surface area contributed by atoms with E-state index < -0.39 is 0 Å². The van der Waals surface area contributed by atoms with Crippen molar-refractivity contribution in [1.29, 1.82) is 0 Å². The van der Waals surface area contributed by atoms with E-state index in [-0.39, 0.29) is 0 Å². The Morgan fingerprint density at radius 3 is 1.47 bits per heavy atom. The summed E-state index contributed by atoms with van der Waals surface area (Å²) in [7, 11) is 0. The molecule has 0 aliphatic rings. The lowest BCUT2D eigenvalue weighted by Crippen LogP contribution is -1.92. The Labute approximate surface area is 284 Å². The summed E-state index contributed by atoms with van der Waals surface area (Å²) in [5.41, 5.74) is 11.7. The van der Waals surface area contributed by atoms with Crippen molar-refractivity contribution in [3.8, 4) is 44.5 Å². The molecule has 0 aliphatic heterocycles. The Morgan fingerprint density at radius 2 is 0.776 bits per heavy atom. The van der Waals surface area contributed by atoms with E-state index in [9.17, 15) is 0 Å². The summed E-state index contributed by atoms with van der Waals surface area (Å²) < 4.78 is 6.28. The van der Waals surface area contributed by atoms with Gasteiger partial charge in [-0.15, -0.1) is 0 Å². The lowest BCUT2D eigenvalue weighted by molar-refractivity contribution is 0.669. The highest BCUT2D eigenvalue weighted by Crippen LogP contribution is 2.46. The van der Waals surface area contributed by atoms with Gasteiger partial charge in [0.05, 0.1) is 0 Å². The largest absolute Gasteiger partial charge is 0.456 e. The van der Waals surface area contributed by atoms with E-state index in [0.29, 0.717) is 0 Å². The highest BCUT2D eigenvalue weighted by Gasteiger charge is 2.19. The number of rotatable bonds is 4. The third-order valence-corrected chi connectivity index (χ3v) is 10.1. The minimum absolute atomic E-state index is 0.914. The predicted octanol–water partition coefficient (Wildman–Crippen LogP) is 13.7. The van der Waals surface area contributed by atoms with Crippen molar-refractivity contribution in [3.63, 3.8) is 0 Å². The number of benzene rings is 9. The van der Waals surface area contributed by atoms with E-state index in [4.69, 9.17) is 4.42 Å². The minimum Gasteiger partial charge on any atom is -0.456 e. The third-order valence-electron chi connectivity index (χ3n) is 10.1. The van der Waals surface area contributed by atoms with Gasteiger partial charge in [0.25, 0.3) is 0 Å². The lowest BCUT2D eigenvalue weighted by atomic mass is 9.83. The van der Waals surface area contributed by atoms with Crippen LogP contribution >= 0.6 is 0 Å². The molecule has 0 aliphatic carbocycles. The van der Waals surface area contributed by atoms with Crippen LogP contribution in [-0.2, 0) is 0 Å². The molecule has 10 rings (SSSR count). The van der Waals surface area contributed by atoms with Gasteiger partial charge < -0.3 is 4.42 Å². The molecule has 1 heterocycles. The number of hydrogen-bond acceptors (Lipinski definition) is 1. The molecule has 0 atom stereocenters. The van der Waals surface area contributed by atoms with Crippen LogP contribution < -0.4 is 0 Å². The van der Waals surface area contributed by atoms with Crippen LogP contribution in [0.25, 0.3) is 98.8 Å². The van der Waals surface area contributed by atoms with Crippen molar-refractivity contribution in [3.05, 3.63) is 182 Å². The highest BCUT2D eigenvalue weighted by molar-refractivity contribution is 6.22. The summed E-state index contributed by atoms with van der Waals surface area (Å²) in [4.78, 5) is 0. The van der Waals surface area contributed by atoms with E-state index in [0.717, 1.165) is 21.9 Å². The highest BCUT2D eigenvalue weighted by atomic mass is 16.3. The van der Waals surface area contributed by atoms with Crippen LogP contribution in [0.1, 0.15) is 0 Å². The molecule has 228 valence electrons. The maximum atomic E-state index is 6.28. The molecule has 0 saturated heterocycles. The average molecular weight is 623 g/mol. The first-order valence-corrected chi connectivity index (χ1v) is 16.8. The molecule has 0 unspecified atom stereocenters. The monoisotopic (exact) mass is 622 g/mol. The third kappa shape index (κ3) is 4.47. The van der Waals surface area contributed by atoms with Gasteiger partial charge in [0.2, 0.25) is 0 Å². The fourth-order valence-electron chi connectivity index (χ4n) is 7.77. The van der Waals surface area contributed by atoms with E-state index in [2.05, 4.69) is 182 Å². The second-order valence-electron chi connectivity index (χ2n) is 12.8. The van der Waals surface area contributed by atoms with Gasteiger partial charge in [-0.05, 0) is 101 Å². The van der Waals surface area contributed by atoms with Gasteiger partial charge in [0.1, 0.15) is 11.2 Å². The zero-order valence-corrected chi connectivity index (χ0v) is 26.7. The molecule has 1 heteroatoms. The van der Waals surface area contributed by atoms with Gasteiger partial charge in [-0.3, -0.25) is 0 Å². The van der Waals surface area contributed by atoms with Crippen LogP contribution in [-0.4, -0.2) is 0 Å². The molecular weight excluding hydrogens is 593 g/mol. The van der Waals surface area contributed by atoms with Gasteiger partial charge in [-0.2, -0.15) is 0 Å². The minimum atomic E-state index is 0.914. The Morgan fingerprint density at radius 1 is 0.265 bits per heavy atom. The molecular formula is C48H30O. The fraction of sp³-hybridized carbons (Fsp3) is 0. The van der Waals surface area contributed by atoms with Crippen molar-refractivity contribution in [2.75, 3.05) is 0 Å². The van der Waals surface area contributed by atoms with Crippen LogP contribution in [0.2, 0.25) is 0 Å². The predicted molar refractivity (Wildman–Crippen MR) is 208 cm³/mol. The summed E-state index contributed by atoms with van der Waals surface area (Å²) in [6.07, 6.45) is 0. The number of furan rings is 1. The zero-order valence-electron chi connectivity index (χ0n) is 26.7. The molecule has 0 saturated carbocycles. The van der Waals surface area contributed by atoms with Crippen molar-refractivity contribution >= 4 is 54.3 Å². The standard InChI is InChI=1S/C48H30O/c1-2-12-32(13-3-1)37-16-6-7-17-38(37)48-41-20-10-8-18-39(41)47(40-19-9-11-21-42(40)48)33-24-22-31(23-25-33)36-26-27-45-43(29-36)44-28-34-14-4-5-15-35(34)30-46(44)49-45/h1-30H. The summed E-state index contributed by atoms with van der Waals surface area (Å²) >= 11 is 0. The molecule has 9 aromatic carbocycles. The molecule has 0 amide bonds. The molecule has 1 nitrogen and oxygen atoms in total. The first kappa shape index (κ1) is 27.7. The SMILES string of the molecule is c1ccc(-c2ccccc2-c2c3ccccc3c(-c3ccc(-c4ccc5oc6cc7ccccc7cc6c5c4)cc3)c3ccccc23)cc1. The Hall–Kier alpha value is -6.44. The van der Waals surface area contributed by atoms with Gasteiger partial charge in [-0.25, -0.2) is 0 Å². The molecule has 0 radical (unpaired) electrons. The molecule has 0 N–H and O–H groups in total. The van der Waals surface area contributed by atoms with Crippen LogP contribution in [0.15, 0.2) is 186 Å². The lowest BCUT2D eigenvalue weighted by Gasteiger charge is -2.19. The van der Waals surface area contributed by atoms with E-state index >= 15 is 0 Å². The maximum absolute atomic E-state index is 6.28. The van der Waals surface area contributed by atoms with E-state index in [1.807, 2.05) is 0 Å². The second-order valence-corrected chi connectivity index (χ2v) is 12.8. The smallest absolute Gasteiger partial charge is 0.136 e. The van der Waals surface area contributed by atoms with Crippen LogP contribution in [0, 0.1) is 0 Å². The van der Waals surface area contributed by atoms with E-state index in [1.165, 1.54) is 76.8 Å². The first-order chi connectivity index (χ1) is 24.3. The second kappa shape index (κ2) is 11.1. The van der Waals surface area contributed by atoms with Crippen molar-refractivity contribution in [2.45, 2.75) is 0 Å². The zero-order chi connectivity index (χ0) is 32.3. The Kier molecular flexibility index (Phi) is 6.25. The van der Waals surface area contributed by atoms with E-state index in [1.54, 1.807) is 0 Å². The number of hydrogen-bond donors (Lipinski definition) is 0. The fourth-order valence-corrected chi connectivity index (χ4v) is 7.77. The molecule has 0 bridgehead atoms. The van der Waals surface area contributed by atoms with Crippen molar-refractivity contribution in [2.24, 2.45) is 0 Å². The first-order valence-electron chi connectivity index (χ1n) is 16.8. The molecule has 10 aromatic rings. The van der Waals surface area contributed by atoms with Gasteiger partial charge in [0, 0.05) is 10.8 Å². The van der Waals surface area contributed by atoms with Crippen LogP contribution in [0.5, 0.6) is 0 Å². The Bertz CT molecular complexity index is 2800. The van der Waals surface area contributed by atoms with Gasteiger partial charge >= 0.3 is 0 Å². The summed E-state index contributed by atoms with van der Waals surface area (Å²) in [6.45, 7) is 0. The van der Waals surface area contributed by atoms with Crippen molar-refractivity contribution in [1.82, 2.24) is 0 Å². The normalized spacial score (nSPS) is 11.7. The summed E-state index contributed by atoms with van der Waals surface area (Å²) in [5, 5.41) is 9.74. The van der Waals surface area contributed by atoms with Gasteiger partial charge in [-0.1, -0.05) is 158 Å².